The Balaban J connectivity index is 1.27. The molecule has 3 heterocycles. The number of likely N-dealkylation sites (tertiary alicyclic amines) is 1. The van der Waals surface area contributed by atoms with Gasteiger partial charge in [-0.25, -0.2) is 23.2 Å². The van der Waals surface area contributed by atoms with Crippen molar-refractivity contribution in [3.63, 3.8) is 0 Å². The fraction of sp³-hybridized carbons (Fsp3) is 0.419. The molecular formula is C31H33N5O7S2. The van der Waals surface area contributed by atoms with E-state index < -0.39 is 56.5 Å². The lowest BCUT2D eigenvalue weighted by Gasteiger charge is -2.28. The second-order valence-electron chi connectivity index (χ2n) is 12.4. The summed E-state index contributed by atoms with van der Waals surface area (Å²) < 4.78 is 39.1. The van der Waals surface area contributed by atoms with Crippen LogP contribution in [0.25, 0.3) is 21.6 Å². The molecule has 3 aromatic rings. The molecule has 2 saturated carbocycles. The molecule has 0 radical (unpaired) electrons. The zero-order valence-corrected chi connectivity index (χ0v) is 26.7. The number of hydrogen-bond acceptors (Lipinski definition) is 10. The third-order valence-corrected chi connectivity index (χ3v) is 10.4. The lowest BCUT2D eigenvalue weighted by Crippen LogP contribution is -2.56. The summed E-state index contributed by atoms with van der Waals surface area (Å²) in [6.07, 6.45) is -0.385. The summed E-state index contributed by atoms with van der Waals surface area (Å²) in [5.41, 5.74) is 2.35. The van der Waals surface area contributed by atoms with Crippen molar-refractivity contribution in [2.45, 2.75) is 75.0 Å². The Bertz CT molecular complexity index is 1840. The van der Waals surface area contributed by atoms with E-state index in [-0.39, 0.29) is 25.3 Å². The van der Waals surface area contributed by atoms with Crippen LogP contribution in [0.1, 0.15) is 46.5 Å². The number of carbonyl (C=O) groups excluding carboxylic acids is 3. The molecular weight excluding hydrogens is 619 g/mol. The Morgan fingerprint density at radius 2 is 1.82 bits per heavy atom. The van der Waals surface area contributed by atoms with Gasteiger partial charge in [-0.15, -0.1) is 17.1 Å². The van der Waals surface area contributed by atoms with Crippen molar-refractivity contribution in [1.29, 1.82) is 0 Å². The second kappa shape index (κ2) is 11.3. The molecule has 14 heteroatoms. The average Bonchev–Trinajstić information content (AvgIpc) is 3.85. The lowest BCUT2D eigenvalue weighted by atomic mass is 10.1. The van der Waals surface area contributed by atoms with Gasteiger partial charge in [0.25, 0.3) is 5.91 Å². The molecule has 3 atom stereocenters. The molecule has 1 aliphatic heterocycles. The third kappa shape index (κ3) is 6.31. The minimum Gasteiger partial charge on any atom is -0.471 e. The molecule has 236 valence electrons. The number of ether oxygens (including phenoxy) is 2. The SMILES string of the molecule is C=C=C1C[C@]1(NC(=O)[C@@H]1C[C@@H](Oc2nc3ccccc3nc2-c2cccs2)CN1C(=O)OC(C)(C)C)C(=O)NS(=O)(=O)C1CC1. The molecule has 6 rings (SSSR count). The summed E-state index contributed by atoms with van der Waals surface area (Å²) in [7, 11) is -3.87. The Morgan fingerprint density at radius 3 is 2.42 bits per heavy atom. The number of amides is 3. The van der Waals surface area contributed by atoms with E-state index >= 15 is 0 Å². The van der Waals surface area contributed by atoms with Gasteiger partial charge in [0.05, 0.1) is 27.7 Å². The van der Waals surface area contributed by atoms with Crippen LogP contribution < -0.4 is 14.8 Å². The average molecular weight is 652 g/mol. The van der Waals surface area contributed by atoms with E-state index in [2.05, 4.69) is 22.3 Å². The summed E-state index contributed by atoms with van der Waals surface area (Å²) in [5, 5.41) is 3.99. The van der Waals surface area contributed by atoms with Gasteiger partial charge >= 0.3 is 6.09 Å². The minimum absolute atomic E-state index is 0.00913. The Labute approximate surface area is 264 Å². The number of carbonyl (C=O) groups is 3. The number of fused-ring (bicyclic) bond motifs is 1. The number of nitrogens with one attached hydrogen (secondary N) is 2. The maximum absolute atomic E-state index is 13.9. The van der Waals surface area contributed by atoms with Crippen LogP contribution in [0, 0.1) is 0 Å². The number of rotatable bonds is 8. The Kier molecular flexibility index (Phi) is 7.70. The molecule has 45 heavy (non-hydrogen) atoms. The number of thiophene rings is 1. The Hall–Kier alpha value is -4.26. The van der Waals surface area contributed by atoms with Gasteiger partial charge in [0.1, 0.15) is 23.4 Å². The highest BCUT2D eigenvalue weighted by molar-refractivity contribution is 7.91. The number of benzene rings is 1. The minimum atomic E-state index is -3.87. The highest BCUT2D eigenvalue weighted by Crippen LogP contribution is 2.43. The number of para-hydroxylation sites is 2. The van der Waals surface area contributed by atoms with Crippen molar-refractivity contribution < 1.29 is 32.3 Å². The van der Waals surface area contributed by atoms with E-state index in [0.29, 0.717) is 35.1 Å². The van der Waals surface area contributed by atoms with Crippen molar-refractivity contribution in [2.24, 2.45) is 0 Å². The monoisotopic (exact) mass is 651 g/mol. The van der Waals surface area contributed by atoms with Gasteiger partial charge in [-0.1, -0.05) is 24.8 Å². The van der Waals surface area contributed by atoms with Gasteiger partial charge in [-0.3, -0.25) is 19.2 Å². The predicted molar refractivity (Wildman–Crippen MR) is 167 cm³/mol. The van der Waals surface area contributed by atoms with Crippen LogP contribution >= 0.6 is 11.3 Å². The van der Waals surface area contributed by atoms with Crippen molar-refractivity contribution >= 4 is 50.3 Å². The normalized spacial score (nSPS) is 22.9. The molecule has 12 nitrogen and oxygen atoms in total. The van der Waals surface area contributed by atoms with Crippen molar-refractivity contribution in [3.05, 3.63) is 59.7 Å². The van der Waals surface area contributed by atoms with Crippen molar-refractivity contribution in [3.8, 4) is 16.5 Å². The van der Waals surface area contributed by atoms with Crippen molar-refractivity contribution in [1.82, 2.24) is 24.9 Å². The van der Waals surface area contributed by atoms with Gasteiger partial charge in [-0.05, 0) is 57.2 Å². The zero-order valence-electron chi connectivity index (χ0n) is 25.0. The molecule has 2 aromatic heterocycles. The standard InChI is InChI=1S/C31H33N5O7S2/c1-5-18-16-31(18,28(38)35-45(40,41)20-12-13-20)34-26(37)23-15-19(17-36(23)29(39)43-30(2,3)4)42-27-25(24-11-8-14-44-24)32-21-9-6-7-10-22(21)33-27/h6-11,14,19-20,23H,1,12-13,15-17H2,2-4H3,(H,34,37)(H,35,38)/t19-,23+,31-/m1/s1. The van der Waals surface area contributed by atoms with E-state index in [0.717, 1.165) is 4.88 Å². The number of nitrogens with zero attached hydrogens (tertiary/aromatic N) is 3. The molecule has 2 aliphatic carbocycles. The summed E-state index contributed by atoms with van der Waals surface area (Å²) in [4.78, 5) is 52.0. The number of aromatic nitrogens is 2. The zero-order chi connectivity index (χ0) is 32.1. The third-order valence-electron chi connectivity index (χ3n) is 7.73. The first-order chi connectivity index (χ1) is 21.3. The molecule has 0 unspecified atom stereocenters. The van der Waals surface area contributed by atoms with Crippen LogP contribution in [0.4, 0.5) is 4.79 Å². The topological polar surface area (TPSA) is 157 Å². The molecule has 0 bridgehead atoms. The first-order valence-electron chi connectivity index (χ1n) is 14.5. The van der Waals surface area contributed by atoms with Crippen LogP contribution in [0.3, 0.4) is 0 Å². The van der Waals surface area contributed by atoms with Crippen LogP contribution in [0.2, 0.25) is 0 Å². The van der Waals surface area contributed by atoms with Gasteiger partial charge < -0.3 is 14.8 Å². The summed E-state index contributed by atoms with van der Waals surface area (Å²) in [5.74, 6) is -1.29. The van der Waals surface area contributed by atoms with E-state index in [1.54, 1.807) is 20.8 Å². The Morgan fingerprint density at radius 1 is 1.11 bits per heavy atom. The van der Waals surface area contributed by atoms with Gasteiger partial charge in [-0.2, -0.15) is 0 Å². The fourth-order valence-electron chi connectivity index (χ4n) is 5.25. The van der Waals surface area contributed by atoms with Gasteiger partial charge in [0, 0.05) is 18.4 Å². The largest absolute Gasteiger partial charge is 0.471 e. The molecule has 3 fully saturated rings. The molecule has 3 aliphatic rings. The van der Waals surface area contributed by atoms with Crippen LogP contribution in [-0.2, 0) is 24.3 Å². The smallest absolute Gasteiger partial charge is 0.411 e. The molecule has 1 aromatic carbocycles. The molecule has 2 N–H and O–H groups in total. The van der Waals surface area contributed by atoms with Crippen LogP contribution in [0.5, 0.6) is 5.88 Å². The number of sulfonamides is 1. The molecule has 3 amide bonds. The highest BCUT2D eigenvalue weighted by atomic mass is 32.2. The van der Waals surface area contributed by atoms with E-state index in [1.807, 2.05) is 41.8 Å². The first-order valence-corrected chi connectivity index (χ1v) is 17.0. The highest BCUT2D eigenvalue weighted by Gasteiger charge is 2.60. The maximum atomic E-state index is 13.9. The second-order valence-corrected chi connectivity index (χ2v) is 15.3. The van der Waals surface area contributed by atoms with Crippen LogP contribution in [0.15, 0.2) is 59.7 Å². The van der Waals surface area contributed by atoms with E-state index in [9.17, 15) is 22.8 Å². The van der Waals surface area contributed by atoms with Gasteiger partial charge in [0.15, 0.2) is 5.54 Å². The van der Waals surface area contributed by atoms with Crippen LogP contribution in [-0.4, -0.2) is 76.3 Å². The first kappa shape index (κ1) is 30.8. The number of hydrogen-bond donors (Lipinski definition) is 2. The molecule has 1 saturated heterocycles. The fourth-order valence-corrected chi connectivity index (χ4v) is 7.31. The quantitative estimate of drug-likeness (QED) is 0.347. The summed E-state index contributed by atoms with van der Waals surface area (Å²) in [6, 6.07) is 10.1. The summed E-state index contributed by atoms with van der Waals surface area (Å²) >= 11 is 1.48. The van der Waals surface area contributed by atoms with E-state index in [1.165, 1.54) is 16.2 Å². The lowest BCUT2D eigenvalue weighted by molar-refractivity contribution is -0.131. The van der Waals surface area contributed by atoms with E-state index in [4.69, 9.17) is 19.4 Å². The molecule has 0 spiro atoms. The summed E-state index contributed by atoms with van der Waals surface area (Å²) in [6.45, 7) is 8.72. The van der Waals surface area contributed by atoms with Crippen molar-refractivity contribution in [2.75, 3.05) is 6.54 Å². The predicted octanol–water partition coefficient (Wildman–Crippen LogP) is 3.69. The maximum Gasteiger partial charge on any atom is 0.411 e. The van der Waals surface area contributed by atoms with Gasteiger partial charge in [0.2, 0.25) is 21.8 Å².